The quantitative estimate of drug-likeness (QED) is 0.646. The molecule has 30 heavy (non-hydrogen) atoms. The van der Waals surface area contributed by atoms with Gasteiger partial charge in [0.25, 0.3) is 12.4 Å². The highest BCUT2D eigenvalue weighted by Crippen LogP contribution is 2.29. The Hall–Kier alpha value is -2.65. The predicted molar refractivity (Wildman–Crippen MR) is 113 cm³/mol. The SMILES string of the molecule is CO[C@H]1CCN(c2ccc3[nH]nc(C(=O)N[C@@H]4CN5CCC4CC5)c3c2)C1.O=CO. The molecule has 9 nitrogen and oxygen atoms in total. The van der Waals surface area contributed by atoms with Gasteiger partial charge in [-0.25, -0.2) is 0 Å². The van der Waals surface area contributed by atoms with E-state index in [0.717, 1.165) is 42.6 Å². The monoisotopic (exact) mass is 415 g/mol. The maximum Gasteiger partial charge on any atom is 0.290 e. The molecule has 4 fully saturated rings. The van der Waals surface area contributed by atoms with Crippen molar-refractivity contribution in [1.29, 1.82) is 0 Å². The summed E-state index contributed by atoms with van der Waals surface area (Å²) in [6.07, 6.45) is 3.69. The number of H-pyrrole nitrogens is 1. The molecular weight excluding hydrogens is 386 g/mol. The van der Waals surface area contributed by atoms with Crippen LogP contribution in [0.3, 0.4) is 0 Å². The molecule has 2 aromatic rings. The zero-order valence-electron chi connectivity index (χ0n) is 17.2. The van der Waals surface area contributed by atoms with E-state index in [1.165, 1.54) is 25.9 Å². The van der Waals surface area contributed by atoms with Crippen molar-refractivity contribution in [3.8, 4) is 0 Å². The predicted octanol–water partition coefficient (Wildman–Crippen LogP) is 1.31. The number of carboxylic acid groups (broad SMARTS) is 1. The van der Waals surface area contributed by atoms with Crippen LogP contribution < -0.4 is 10.2 Å². The van der Waals surface area contributed by atoms with E-state index in [1.54, 1.807) is 7.11 Å². The van der Waals surface area contributed by atoms with Gasteiger partial charge >= 0.3 is 0 Å². The van der Waals surface area contributed by atoms with Crippen LogP contribution in [0, 0.1) is 5.92 Å². The molecule has 0 spiro atoms. The zero-order valence-corrected chi connectivity index (χ0v) is 17.2. The highest BCUT2D eigenvalue weighted by atomic mass is 16.5. The van der Waals surface area contributed by atoms with E-state index in [2.05, 4.69) is 37.4 Å². The normalized spacial score (nSPS) is 27.6. The van der Waals surface area contributed by atoms with E-state index in [-0.39, 0.29) is 24.5 Å². The third-order valence-corrected chi connectivity index (χ3v) is 6.58. The third kappa shape index (κ3) is 4.13. The largest absolute Gasteiger partial charge is 0.483 e. The number of anilines is 1. The van der Waals surface area contributed by atoms with E-state index >= 15 is 0 Å². The minimum Gasteiger partial charge on any atom is -0.483 e. The first-order valence-electron chi connectivity index (χ1n) is 10.5. The fourth-order valence-corrected chi connectivity index (χ4v) is 4.89. The average Bonchev–Trinajstić information content (AvgIpc) is 3.42. The molecule has 162 valence electrons. The zero-order chi connectivity index (χ0) is 21.1. The van der Waals surface area contributed by atoms with Crippen molar-refractivity contribution in [3.05, 3.63) is 23.9 Å². The lowest BCUT2D eigenvalue weighted by Crippen LogP contribution is -2.57. The number of aromatic amines is 1. The molecule has 0 aliphatic carbocycles. The second kappa shape index (κ2) is 9.01. The number of rotatable bonds is 4. The van der Waals surface area contributed by atoms with Crippen LogP contribution in [-0.2, 0) is 9.53 Å². The molecule has 6 rings (SSSR count). The number of amides is 1. The van der Waals surface area contributed by atoms with Gasteiger partial charge in [-0.15, -0.1) is 0 Å². The number of aromatic nitrogens is 2. The molecule has 9 heteroatoms. The number of carbonyl (C=O) groups is 2. The van der Waals surface area contributed by atoms with E-state index < -0.39 is 0 Å². The highest BCUT2D eigenvalue weighted by Gasteiger charge is 2.35. The summed E-state index contributed by atoms with van der Waals surface area (Å²) < 4.78 is 5.48. The number of ether oxygens (including phenoxy) is 1. The van der Waals surface area contributed by atoms with Gasteiger partial charge in [0, 0.05) is 43.9 Å². The first kappa shape index (κ1) is 20.6. The van der Waals surface area contributed by atoms with Crippen molar-refractivity contribution in [2.24, 2.45) is 5.92 Å². The third-order valence-electron chi connectivity index (χ3n) is 6.58. The molecule has 3 N–H and O–H groups in total. The lowest BCUT2D eigenvalue weighted by molar-refractivity contribution is -0.122. The maximum atomic E-state index is 12.9. The summed E-state index contributed by atoms with van der Waals surface area (Å²) in [7, 11) is 1.77. The fourth-order valence-electron chi connectivity index (χ4n) is 4.89. The van der Waals surface area contributed by atoms with Crippen LogP contribution >= 0.6 is 0 Å². The number of carbonyl (C=O) groups excluding carboxylic acids is 1. The van der Waals surface area contributed by atoms with Crippen LogP contribution in [0.2, 0.25) is 0 Å². The van der Waals surface area contributed by atoms with E-state index in [9.17, 15) is 4.79 Å². The first-order chi connectivity index (χ1) is 14.6. The number of fused-ring (bicyclic) bond motifs is 4. The van der Waals surface area contributed by atoms with Crippen molar-refractivity contribution < 1.29 is 19.4 Å². The second-order valence-electron chi connectivity index (χ2n) is 8.22. The summed E-state index contributed by atoms with van der Waals surface area (Å²) >= 11 is 0. The molecule has 1 aromatic carbocycles. The number of methoxy groups -OCH3 is 1. The Bertz CT molecular complexity index is 893. The lowest BCUT2D eigenvalue weighted by atomic mass is 9.84. The van der Waals surface area contributed by atoms with Crippen LogP contribution in [0.1, 0.15) is 29.8 Å². The van der Waals surface area contributed by atoms with Crippen molar-refractivity contribution in [2.75, 3.05) is 44.7 Å². The van der Waals surface area contributed by atoms with Gasteiger partial charge in [-0.2, -0.15) is 5.10 Å². The Kier molecular flexibility index (Phi) is 6.19. The van der Waals surface area contributed by atoms with Gasteiger partial charge in [-0.3, -0.25) is 14.7 Å². The van der Waals surface area contributed by atoms with Gasteiger partial charge in [-0.1, -0.05) is 0 Å². The van der Waals surface area contributed by atoms with E-state index in [4.69, 9.17) is 14.6 Å². The molecule has 4 saturated heterocycles. The Morgan fingerprint density at radius 1 is 1.27 bits per heavy atom. The van der Waals surface area contributed by atoms with Crippen LogP contribution in [0.5, 0.6) is 0 Å². The van der Waals surface area contributed by atoms with Gasteiger partial charge in [0.2, 0.25) is 0 Å². The summed E-state index contributed by atoms with van der Waals surface area (Å²) in [5, 5.41) is 18.4. The lowest BCUT2D eigenvalue weighted by Gasteiger charge is -2.44. The molecule has 1 amide bonds. The fraction of sp³-hybridized carbons (Fsp3) is 0.571. The summed E-state index contributed by atoms with van der Waals surface area (Å²) in [6, 6.07) is 6.44. The topological polar surface area (TPSA) is 111 Å². The second-order valence-corrected chi connectivity index (χ2v) is 8.22. The minimum atomic E-state index is -0.250. The number of hydrogen-bond acceptors (Lipinski definition) is 6. The molecule has 0 radical (unpaired) electrons. The first-order valence-corrected chi connectivity index (χ1v) is 10.5. The molecule has 4 aliphatic rings. The number of nitrogens with zero attached hydrogens (tertiary/aromatic N) is 3. The highest BCUT2D eigenvalue weighted by molar-refractivity contribution is 6.05. The van der Waals surface area contributed by atoms with Gasteiger partial charge in [0.15, 0.2) is 5.69 Å². The standard InChI is InChI=1S/C20H27N5O2.CH2O2/c1-27-15-6-9-25(11-15)14-2-3-17-16(10-14)19(23-22-17)20(26)21-18-12-24-7-4-13(18)5-8-24;2-1-3/h2-3,10,13,15,18H,4-9,11-12H2,1H3,(H,21,26)(H,22,23);1H,(H,2,3)/t15-,18+;/m0./s1. The van der Waals surface area contributed by atoms with Gasteiger partial charge in [-0.05, 0) is 56.5 Å². The number of benzene rings is 1. The minimum absolute atomic E-state index is 0.0617. The Morgan fingerprint density at radius 3 is 2.67 bits per heavy atom. The molecule has 0 unspecified atom stereocenters. The van der Waals surface area contributed by atoms with Crippen molar-refractivity contribution in [3.63, 3.8) is 0 Å². The van der Waals surface area contributed by atoms with Crippen molar-refractivity contribution in [2.45, 2.75) is 31.4 Å². The summed E-state index contributed by atoms with van der Waals surface area (Å²) in [5.74, 6) is 0.545. The molecule has 1 aromatic heterocycles. The van der Waals surface area contributed by atoms with Crippen molar-refractivity contribution >= 4 is 29.0 Å². The number of nitrogens with one attached hydrogen (secondary N) is 2. The summed E-state index contributed by atoms with van der Waals surface area (Å²) in [4.78, 5) is 26.1. The summed E-state index contributed by atoms with van der Waals surface area (Å²) in [5.41, 5.74) is 2.53. The number of hydrogen-bond donors (Lipinski definition) is 3. The van der Waals surface area contributed by atoms with Gasteiger partial charge < -0.3 is 25.0 Å². The van der Waals surface area contributed by atoms with Crippen LogP contribution in [0.15, 0.2) is 18.2 Å². The molecule has 5 heterocycles. The summed E-state index contributed by atoms with van der Waals surface area (Å²) in [6.45, 7) is 4.92. The Morgan fingerprint density at radius 2 is 2.03 bits per heavy atom. The Balaban J connectivity index is 0.000000687. The molecule has 2 bridgehead atoms. The van der Waals surface area contributed by atoms with Crippen LogP contribution in [0.25, 0.3) is 10.9 Å². The molecule has 4 aliphatic heterocycles. The Labute approximate surface area is 175 Å². The van der Waals surface area contributed by atoms with Crippen LogP contribution in [-0.4, -0.2) is 84.6 Å². The van der Waals surface area contributed by atoms with E-state index in [1.807, 2.05) is 6.07 Å². The molecular formula is C21H29N5O4. The maximum absolute atomic E-state index is 12.9. The molecule has 2 atom stereocenters. The van der Waals surface area contributed by atoms with Crippen molar-refractivity contribution in [1.82, 2.24) is 20.4 Å². The smallest absolute Gasteiger partial charge is 0.290 e. The number of piperidine rings is 3. The van der Waals surface area contributed by atoms with E-state index in [0.29, 0.717) is 11.6 Å². The van der Waals surface area contributed by atoms with Gasteiger partial charge in [0.05, 0.1) is 11.6 Å². The molecule has 0 saturated carbocycles. The van der Waals surface area contributed by atoms with Crippen LogP contribution in [0.4, 0.5) is 5.69 Å². The average molecular weight is 415 g/mol. The van der Waals surface area contributed by atoms with Gasteiger partial charge in [0.1, 0.15) is 0 Å².